The molecular weight excluding hydrogens is 741 g/mol. The van der Waals surface area contributed by atoms with E-state index in [4.69, 9.17) is 10.5 Å². The molecule has 0 aromatic heterocycles. The number of esters is 1. The topological polar surface area (TPSA) is 215 Å². The summed E-state index contributed by atoms with van der Waals surface area (Å²) >= 11 is 0. The van der Waals surface area contributed by atoms with Gasteiger partial charge in [0.15, 0.2) is 5.78 Å². The highest BCUT2D eigenvalue weighted by Crippen LogP contribution is 2.13. The van der Waals surface area contributed by atoms with Crippen LogP contribution in [-0.2, 0) is 46.3 Å². The molecule has 0 spiro atoms. The van der Waals surface area contributed by atoms with Gasteiger partial charge in [-0.3, -0.25) is 19.2 Å². The molecule has 0 saturated carbocycles. The fraction of sp³-hybridized carbons (Fsp3) is 0.568. The van der Waals surface area contributed by atoms with E-state index < -0.39 is 41.8 Å². The summed E-state index contributed by atoms with van der Waals surface area (Å²) in [5, 5.41) is 13.9. The van der Waals surface area contributed by atoms with Gasteiger partial charge in [-0.25, -0.2) is 9.59 Å². The molecule has 0 unspecified atom stereocenters. The van der Waals surface area contributed by atoms with E-state index in [1.165, 1.54) is 13.8 Å². The van der Waals surface area contributed by atoms with Crippen molar-refractivity contribution in [3.8, 4) is 0 Å². The second-order valence-electron chi connectivity index (χ2n) is 15.8. The minimum atomic E-state index is -0.964. The highest BCUT2D eigenvalue weighted by Gasteiger charge is 2.28. The average Bonchev–Trinajstić information content (AvgIpc) is 3.16. The van der Waals surface area contributed by atoms with Crippen molar-refractivity contribution in [2.24, 2.45) is 5.73 Å². The molecule has 14 nitrogen and oxygen atoms in total. The first-order valence-electron chi connectivity index (χ1n) is 20.5. The van der Waals surface area contributed by atoms with Crippen LogP contribution in [0.25, 0.3) is 0 Å². The SMILES string of the molecule is CC(=O)CC[C@H](NC(=O)N[C@@H](CCCCNC(=O)CCCCCCCNC(=O)[C@@H](Cc1ccccc1)NC(=O)[C@H](N)Cc1ccccc1)C(=O)OC(C)(C)C)C(C)=O. The second-order valence-corrected chi connectivity index (χ2v) is 15.8. The second kappa shape index (κ2) is 26.7. The molecule has 0 aliphatic rings. The van der Waals surface area contributed by atoms with Crippen molar-refractivity contribution in [3.63, 3.8) is 0 Å². The van der Waals surface area contributed by atoms with Crippen molar-refractivity contribution in [1.29, 1.82) is 0 Å². The maximum atomic E-state index is 13.2. The first-order valence-corrected chi connectivity index (χ1v) is 20.5. The fourth-order valence-electron chi connectivity index (χ4n) is 6.07. The summed E-state index contributed by atoms with van der Waals surface area (Å²) in [7, 11) is 0. The van der Waals surface area contributed by atoms with Gasteiger partial charge in [0, 0.05) is 32.4 Å². The first-order chi connectivity index (χ1) is 27.5. The Morgan fingerprint density at radius 2 is 1.16 bits per heavy atom. The van der Waals surface area contributed by atoms with Gasteiger partial charge in [0.25, 0.3) is 0 Å². The Kier molecular flexibility index (Phi) is 22.6. The summed E-state index contributed by atoms with van der Waals surface area (Å²) in [6, 6.07) is 14.9. The Morgan fingerprint density at radius 3 is 1.76 bits per heavy atom. The maximum Gasteiger partial charge on any atom is 0.329 e. The number of carbonyl (C=O) groups is 7. The highest BCUT2D eigenvalue weighted by molar-refractivity contribution is 5.90. The number of unbranched alkanes of at least 4 members (excludes halogenated alkanes) is 5. The first kappa shape index (κ1) is 49.0. The number of nitrogens with two attached hydrogens (primary N) is 1. The molecule has 320 valence electrons. The number of urea groups is 1. The van der Waals surface area contributed by atoms with Crippen LogP contribution in [0.2, 0.25) is 0 Å². The Bertz CT molecular complexity index is 1600. The average molecular weight is 807 g/mol. The van der Waals surface area contributed by atoms with E-state index in [0.29, 0.717) is 45.2 Å². The van der Waals surface area contributed by atoms with Gasteiger partial charge in [-0.2, -0.15) is 0 Å². The van der Waals surface area contributed by atoms with E-state index in [1.54, 1.807) is 20.8 Å². The minimum absolute atomic E-state index is 0.0655. The van der Waals surface area contributed by atoms with Crippen LogP contribution in [0.3, 0.4) is 0 Å². The van der Waals surface area contributed by atoms with Crippen LogP contribution in [0.1, 0.15) is 116 Å². The van der Waals surface area contributed by atoms with Crippen LogP contribution in [0.5, 0.6) is 0 Å². The molecule has 2 aromatic carbocycles. The smallest absolute Gasteiger partial charge is 0.329 e. The molecule has 0 aliphatic heterocycles. The Morgan fingerprint density at radius 1 is 0.603 bits per heavy atom. The van der Waals surface area contributed by atoms with E-state index in [-0.39, 0.29) is 48.6 Å². The number of hydrogen-bond donors (Lipinski definition) is 6. The van der Waals surface area contributed by atoms with Gasteiger partial charge >= 0.3 is 12.0 Å². The van der Waals surface area contributed by atoms with Gasteiger partial charge in [-0.05, 0) is 90.7 Å². The lowest BCUT2D eigenvalue weighted by Crippen LogP contribution is -2.53. The molecule has 0 heterocycles. The van der Waals surface area contributed by atoms with Crippen LogP contribution in [0, 0.1) is 0 Å². The Labute approximate surface area is 344 Å². The highest BCUT2D eigenvalue weighted by atomic mass is 16.6. The fourth-order valence-corrected chi connectivity index (χ4v) is 6.07. The summed E-state index contributed by atoms with van der Waals surface area (Å²) in [4.78, 5) is 87.5. The zero-order valence-electron chi connectivity index (χ0n) is 35.0. The lowest BCUT2D eigenvalue weighted by Gasteiger charge is -2.25. The third-order valence-corrected chi connectivity index (χ3v) is 9.25. The van der Waals surface area contributed by atoms with Crippen molar-refractivity contribution in [1.82, 2.24) is 26.6 Å². The van der Waals surface area contributed by atoms with Crippen LogP contribution in [-0.4, -0.2) is 84.1 Å². The van der Waals surface area contributed by atoms with Crippen molar-refractivity contribution >= 4 is 41.3 Å². The normalized spacial score (nSPS) is 13.2. The van der Waals surface area contributed by atoms with Crippen LogP contribution in [0.15, 0.2) is 60.7 Å². The van der Waals surface area contributed by atoms with E-state index in [1.807, 2.05) is 60.7 Å². The van der Waals surface area contributed by atoms with Crippen LogP contribution in [0.4, 0.5) is 4.79 Å². The van der Waals surface area contributed by atoms with Crippen molar-refractivity contribution < 1.29 is 38.3 Å². The molecule has 14 heteroatoms. The molecule has 2 rings (SSSR count). The number of nitrogens with one attached hydrogen (secondary N) is 5. The van der Waals surface area contributed by atoms with E-state index in [0.717, 1.165) is 43.2 Å². The summed E-state index contributed by atoms with van der Waals surface area (Å²) in [5.41, 5.74) is 7.29. The molecule has 0 radical (unpaired) electrons. The van der Waals surface area contributed by atoms with E-state index in [9.17, 15) is 33.6 Å². The predicted octanol–water partition coefficient (Wildman–Crippen LogP) is 4.36. The van der Waals surface area contributed by atoms with E-state index >= 15 is 0 Å². The van der Waals surface area contributed by atoms with Gasteiger partial charge in [0.05, 0.1) is 12.1 Å². The Hall–Kier alpha value is -5.11. The lowest BCUT2D eigenvalue weighted by molar-refractivity contribution is -0.157. The van der Waals surface area contributed by atoms with Crippen molar-refractivity contribution in [3.05, 3.63) is 71.8 Å². The van der Waals surface area contributed by atoms with Crippen LogP contribution >= 0.6 is 0 Å². The largest absolute Gasteiger partial charge is 0.458 e. The third kappa shape index (κ3) is 22.0. The molecule has 7 N–H and O–H groups in total. The quantitative estimate of drug-likeness (QED) is 0.0558. The van der Waals surface area contributed by atoms with Gasteiger partial charge in [-0.1, -0.05) is 79.9 Å². The number of carbonyl (C=O) groups excluding carboxylic acids is 7. The molecular formula is C44H66N6O8. The van der Waals surface area contributed by atoms with E-state index in [2.05, 4.69) is 26.6 Å². The molecule has 0 aliphatic carbocycles. The molecule has 0 fully saturated rings. The number of amides is 5. The van der Waals surface area contributed by atoms with Crippen LogP contribution < -0.4 is 32.3 Å². The zero-order chi connectivity index (χ0) is 42.9. The molecule has 58 heavy (non-hydrogen) atoms. The number of rotatable bonds is 27. The Balaban J connectivity index is 1.68. The molecule has 5 amide bonds. The van der Waals surface area contributed by atoms with Gasteiger partial charge in [0.1, 0.15) is 23.5 Å². The number of Topliss-reactive ketones (excluding diaryl/α,β-unsaturated/α-hetero) is 2. The lowest BCUT2D eigenvalue weighted by atomic mass is 10.0. The summed E-state index contributed by atoms with van der Waals surface area (Å²) in [5.74, 6) is -1.70. The summed E-state index contributed by atoms with van der Waals surface area (Å²) < 4.78 is 5.49. The third-order valence-electron chi connectivity index (χ3n) is 9.25. The van der Waals surface area contributed by atoms with Crippen molar-refractivity contribution in [2.75, 3.05) is 13.1 Å². The maximum absolute atomic E-state index is 13.2. The van der Waals surface area contributed by atoms with Gasteiger partial charge in [0.2, 0.25) is 17.7 Å². The van der Waals surface area contributed by atoms with Gasteiger partial charge < -0.3 is 41.8 Å². The predicted molar refractivity (Wildman–Crippen MR) is 223 cm³/mol. The summed E-state index contributed by atoms with van der Waals surface area (Å²) in [6.07, 6.45) is 6.87. The zero-order valence-corrected chi connectivity index (χ0v) is 35.0. The molecule has 2 aromatic rings. The monoisotopic (exact) mass is 806 g/mol. The molecule has 0 saturated heterocycles. The standard InChI is InChI=1S/C44H66N6O8/c1-31(51)25-26-36(32(2)52)49-43(57)50-37(42(56)58-44(3,4)5)23-16-18-27-46-39(53)24-15-7-6-8-17-28-47-41(55)38(30-34-21-13-10-14-22-34)48-40(54)35(45)29-33-19-11-9-12-20-33/h9-14,19-22,35-38H,6-8,15-18,23-30,45H2,1-5H3,(H,46,53)(H,47,55)(H,48,54)(H2,49,50,57)/t35-,36+,37+,38-/m1/s1. The molecule has 0 bridgehead atoms. The number of ether oxygens (including phenoxy) is 1. The summed E-state index contributed by atoms with van der Waals surface area (Å²) in [6.45, 7) is 8.79. The van der Waals surface area contributed by atoms with Gasteiger partial charge in [-0.15, -0.1) is 0 Å². The molecule has 4 atom stereocenters. The number of hydrogen-bond acceptors (Lipinski definition) is 9. The number of benzene rings is 2. The number of ketones is 2. The van der Waals surface area contributed by atoms with Crippen molar-refractivity contribution in [2.45, 2.75) is 148 Å². The minimum Gasteiger partial charge on any atom is -0.458 e.